The molecule has 0 radical (unpaired) electrons. The SMILES string of the molecule is C[C@]12CC[C@@H]3c4ccc(OC(=O)C/C=C/C(=O)O)cc4CC[C@H]3[C@@H]1CCC2=O. The van der Waals surface area contributed by atoms with Crippen LogP contribution in [0.3, 0.4) is 0 Å². The Labute approximate surface area is 164 Å². The van der Waals surface area contributed by atoms with Crippen molar-refractivity contribution in [3.63, 3.8) is 0 Å². The maximum absolute atomic E-state index is 12.4. The summed E-state index contributed by atoms with van der Waals surface area (Å²) in [4.78, 5) is 34.8. The number of rotatable bonds is 4. The molecular weight excluding hydrogens is 356 g/mol. The first-order valence-corrected chi connectivity index (χ1v) is 10.1. The molecule has 148 valence electrons. The topological polar surface area (TPSA) is 80.7 Å². The minimum Gasteiger partial charge on any atom is -0.478 e. The smallest absolute Gasteiger partial charge is 0.327 e. The van der Waals surface area contributed by atoms with Crippen LogP contribution in [-0.2, 0) is 20.8 Å². The molecule has 0 saturated heterocycles. The van der Waals surface area contributed by atoms with Crippen molar-refractivity contribution in [2.24, 2.45) is 17.3 Å². The van der Waals surface area contributed by atoms with Crippen LogP contribution in [0.15, 0.2) is 30.4 Å². The van der Waals surface area contributed by atoms with E-state index in [0.717, 1.165) is 44.6 Å². The molecule has 0 aliphatic heterocycles. The molecule has 3 aliphatic carbocycles. The van der Waals surface area contributed by atoms with E-state index < -0.39 is 11.9 Å². The molecule has 3 aliphatic rings. The predicted molar refractivity (Wildman–Crippen MR) is 103 cm³/mol. The minimum atomic E-state index is -1.08. The van der Waals surface area contributed by atoms with Gasteiger partial charge in [-0.1, -0.05) is 19.1 Å². The summed E-state index contributed by atoms with van der Waals surface area (Å²) in [6, 6.07) is 5.88. The van der Waals surface area contributed by atoms with Gasteiger partial charge < -0.3 is 9.84 Å². The van der Waals surface area contributed by atoms with Crippen LogP contribution < -0.4 is 4.74 Å². The summed E-state index contributed by atoms with van der Waals surface area (Å²) in [6.45, 7) is 2.18. The van der Waals surface area contributed by atoms with Crippen molar-refractivity contribution in [3.05, 3.63) is 41.5 Å². The normalized spacial score (nSPS) is 31.2. The zero-order chi connectivity index (χ0) is 19.9. The van der Waals surface area contributed by atoms with E-state index in [2.05, 4.69) is 13.0 Å². The molecule has 0 spiro atoms. The van der Waals surface area contributed by atoms with Gasteiger partial charge in [0.15, 0.2) is 0 Å². The lowest BCUT2D eigenvalue weighted by Gasteiger charge is -2.48. The molecule has 2 saturated carbocycles. The van der Waals surface area contributed by atoms with Gasteiger partial charge in [-0.05, 0) is 73.1 Å². The van der Waals surface area contributed by atoms with Gasteiger partial charge in [-0.15, -0.1) is 0 Å². The first-order valence-electron chi connectivity index (χ1n) is 10.1. The molecule has 2 fully saturated rings. The number of aryl methyl sites for hydroxylation is 1. The van der Waals surface area contributed by atoms with Gasteiger partial charge in [0.2, 0.25) is 0 Å². The summed E-state index contributed by atoms with van der Waals surface area (Å²) >= 11 is 0. The molecule has 5 nitrogen and oxygen atoms in total. The third kappa shape index (κ3) is 3.27. The number of hydrogen-bond donors (Lipinski definition) is 1. The van der Waals surface area contributed by atoms with Crippen LogP contribution in [0.2, 0.25) is 0 Å². The fourth-order valence-corrected chi connectivity index (χ4v) is 5.82. The molecule has 0 amide bonds. The quantitative estimate of drug-likeness (QED) is 0.483. The van der Waals surface area contributed by atoms with Gasteiger partial charge in [0, 0.05) is 17.9 Å². The number of hydrogen-bond acceptors (Lipinski definition) is 4. The minimum absolute atomic E-state index is 0.0671. The molecule has 1 N–H and O–H groups in total. The largest absolute Gasteiger partial charge is 0.478 e. The number of carboxylic acids is 1. The van der Waals surface area contributed by atoms with Crippen LogP contribution >= 0.6 is 0 Å². The number of carbonyl (C=O) groups excluding carboxylic acids is 2. The standard InChI is InChI=1S/C23H26O5/c1-23-12-11-17-16-8-6-15(28-22(27)4-2-3-21(25)26)13-14(16)5-7-18(17)19(23)9-10-20(23)24/h2-3,6,8,13,17-19H,4-5,7,9-12H2,1H3,(H,25,26)/b3-2+/t17-,18-,19+,23+/m1/s1. The van der Waals surface area contributed by atoms with Gasteiger partial charge in [0.05, 0.1) is 6.42 Å². The highest BCUT2D eigenvalue weighted by Gasteiger charge is 2.54. The first kappa shape index (κ1) is 18.9. The third-order valence-electron chi connectivity index (χ3n) is 7.18. The third-order valence-corrected chi connectivity index (χ3v) is 7.18. The van der Waals surface area contributed by atoms with Crippen molar-refractivity contribution in [1.29, 1.82) is 0 Å². The predicted octanol–water partition coefficient (Wildman–Crippen LogP) is 4.05. The number of benzene rings is 1. The second-order valence-electron chi connectivity index (χ2n) is 8.61. The van der Waals surface area contributed by atoms with E-state index in [1.54, 1.807) is 0 Å². The lowest BCUT2D eigenvalue weighted by molar-refractivity contribution is -0.133. The maximum atomic E-state index is 12.4. The van der Waals surface area contributed by atoms with Gasteiger partial charge in [-0.3, -0.25) is 9.59 Å². The summed E-state index contributed by atoms with van der Waals surface area (Å²) in [5, 5.41) is 8.57. The van der Waals surface area contributed by atoms with E-state index in [9.17, 15) is 14.4 Å². The zero-order valence-electron chi connectivity index (χ0n) is 16.1. The van der Waals surface area contributed by atoms with Crippen molar-refractivity contribution in [2.45, 2.75) is 57.8 Å². The van der Waals surface area contributed by atoms with Crippen LogP contribution in [-0.4, -0.2) is 22.8 Å². The lowest BCUT2D eigenvalue weighted by atomic mass is 9.55. The Bertz CT molecular complexity index is 855. The number of ether oxygens (including phenoxy) is 1. The summed E-state index contributed by atoms with van der Waals surface area (Å²) in [5.41, 5.74) is 2.47. The molecule has 28 heavy (non-hydrogen) atoms. The Morgan fingerprint density at radius 2 is 2.07 bits per heavy atom. The van der Waals surface area contributed by atoms with E-state index in [1.807, 2.05) is 12.1 Å². The average Bonchev–Trinajstić information content (AvgIpc) is 2.96. The summed E-state index contributed by atoms with van der Waals surface area (Å²) in [5.74, 6) is 1.00. The van der Waals surface area contributed by atoms with Crippen LogP contribution in [0.4, 0.5) is 0 Å². The van der Waals surface area contributed by atoms with Gasteiger partial charge in [-0.25, -0.2) is 4.79 Å². The highest BCUT2D eigenvalue weighted by atomic mass is 16.5. The van der Waals surface area contributed by atoms with Gasteiger partial charge in [0.25, 0.3) is 0 Å². The van der Waals surface area contributed by atoms with Crippen molar-refractivity contribution < 1.29 is 24.2 Å². The van der Waals surface area contributed by atoms with Gasteiger partial charge in [0.1, 0.15) is 11.5 Å². The van der Waals surface area contributed by atoms with E-state index in [1.165, 1.54) is 17.2 Å². The molecular formula is C23H26O5. The Kier molecular flexibility index (Phi) is 4.86. The fourth-order valence-electron chi connectivity index (χ4n) is 5.82. The number of fused-ring (bicyclic) bond motifs is 5. The van der Waals surface area contributed by atoms with Crippen LogP contribution in [0, 0.1) is 17.3 Å². The van der Waals surface area contributed by atoms with E-state index in [0.29, 0.717) is 29.3 Å². The van der Waals surface area contributed by atoms with Gasteiger partial charge in [-0.2, -0.15) is 0 Å². The number of esters is 1. The maximum Gasteiger partial charge on any atom is 0.327 e. The Balaban J connectivity index is 1.48. The molecule has 4 rings (SSSR count). The summed E-state index contributed by atoms with van der Waals surface area (Å²) < 4.78 is 5.37. The van der Waals surface area contributed by atoms with Crippen LogP contribution in [0.25, 0.3) is 0 Å². The average molecular weight is 382 g/mol. The molecule has 0 heterocycles. The zero-order valence-corrected chi connectivity index (χ0v) is 16.1. The van der Waals surface area contributed by atoms with E-state index >= 15 is 0 Å². The molecule has 5 heteroatoms. The van der Waals surface area contributed by atoms with Crippen LogP contribution in [0.5, 0.6) is 5.75 Å². The number of Topliss-reactive ketones (excluding diaryl/α,β-unsaturated/α-hetero) is 1. The lowest BCUT2D eigenvalue weighted by Crippen LogP contribution is -2.42. The number of ketones is 1. The van der Waals surface area contributed by atoms with Crippen molar-refractivity contribution >= 4 is 17.7 Å². The molecule has 4 atom stereocenters. The van der Waals surface area contributed by atoms with Crippen molar-refractivity contribution in [1.82, 2.24) is 0 Å². The highest BCUT2D eigenvalue weighted by Crippen LogP contribution is 2.59. The molecule has 0 bridgehead atoms. The highest BCUT2D eigenvalue weighted by molar-refractivity contribution is 5.87. The molecule has 0 aromatic heterocycles. The first-order chi connectivity index (χ1) is 13.4. The molecule has 0 unspecified atom stereocenters. The number of carbonyl (C=O) groups is 3. The van der Waals surface area contributed by atoms with Gasteiger partial charge >= 0.3 is 11.9 Å². The fraction of sp³-hybridized carbons (Fsp3) is 0.522. The molecule has 1 aromatic carbocycles. The number of aliphatic carboxylic acids is 1. The number of carboxylic acid groups (broad SMARTS) is 1. The summed E-state index contributed by atoms with van der Waals surface area (Å²) in [6.07, 6.45) is 8.00. The Hall–Kier alpha value is -2.43. The Morgan fingerprint density at radius 3 is 2.86 bits per heavy atom. The van der Waals surface area contributed by atoms with Crippen molar-refractivity contribution in [3.8, 4) is 5.75 Å². The summed E-state index contributed by atoms with van der Waals surface area (Å²) in [7, 11) is 0. The van der Waals surface area contributed by atoms with E-state index in [4.69, 9.17) is 9.84 Å². The second kappa shape index (κ2) is 7.19. The molecule has 1 aromatic rings. The van der Waals surface area contributed by atoms with Crippen LogP contribution in [0.1, 0.15) is 62.5 Å². The Morgan fingerprint density at radius 1 is 1.25 bits per heavy atom. The van der Waals surface area contributed by atoms with E-state index in [-0.39, 0.29) is 11.8 Å². The monoisotopic (exact) mass is 382 g/mol. The van der Waals surface area contributed by atoms with Crippen molar-refractivity contribution in [2.75, 3.05) is 0 Å². The second-order valence-corrected chi connectivity index (χ2v) is 8.61.